The Bertz CT molecular complexity index is 605. The molecule has 0 radical (unpaired) electrons. The number of primary amides is 1. The van der Waals surface area contributed by atoms with Gasteiger partial charge in [0, 0.05) is 11.5 Å². The molecule has 0 aliphatic rings. The van der Waals surface area contributed by atoms with Gasteiger partial charge in [-0.3, -0.25) is 19.2 Å². The number of hydrogen-bond donors (Lipinski definition) is 9. The van der Waals surface area contributed by atoms with Gasteiger partial charge in [-0.05, 0) is 6.92 Å². The second-order valence-electron chi connectivity index (χ2n) is 5.83. The summed E-state index contributed by atoms with van der Waals surface area (Å²) in [5, 5.41) is 25.2. The van der Waals surface area contributed by atoms with Crippen LogP contribution in [0.15, 0.2) is 0 Å². The lowest BCUT2D eigenvalue weighted by Crippen LogP contribution is -2.60. The largest absolute Gasteiger partial charge is 0.480 e. The van der Waals surface area contributed by atoms with Gasteiger partial charge in [-0.1, -0.05) is 0 Å². The van der Waals surface area contributed by atoms with Crippen LogP contribution < -0.4 is 27.4 Å². The van der Waals surface area contributed by atoms with Crippen LogP contribution in [0.3, 0.4) is 0 Å². The van der Waals surface area contributed by atoms with E-state index in [4.69, 9.17) is 16.6 Å². The number of thiol groups is 2. The molecular weight excluding hydrogens is 414 g/mol. The minimum atomic E-state index is -1.54. The van der Waals surface area contributed by atoms with Gasteiger partial charge in [0.25, 0.3) is 0 Å². The molecule has 0 saturated carbocycles. The first-order valence-electron chi connectivity index (χ1n) is 8.02. The highest BCUT2D eigenvalue weighted by Crippen LogP contribution is 2.01. The van der Waals surface area contributed by atoms with Crippen molar-refractivity contribution >= 4 is 54.9 Å². The molecule has 0 aromatic heterocycles. The number of carbonyl (C=O) groups is 5. The van der Waals surface area contributed by atoms with Gasteiger partial charge in [-0.15, -0.1) is 0 Å². The summed E-state index contributed by atoms with van der Waals surface area (Å²) >= 11 is 7.64. The van der Waals surface area contributed by atoms with E-state index in [1.165, 1.54) is 6.92 Å². The maximum atomic E-state index is 12.4. The monoisotopic (exact) mass is 439 g/mol. The second-order valence-corrected chi connectivity index (χ2v) is 6.56. The predicted molar refractivity (Wildman–Crippen MR) is 105 cm³/mol. The van der Waals surface area contributed by atoms with Crippen LogP contribution in [0.2, 0.25) is 0 Å². The minimum Gasteiger partial charge on any atom is -0.480 e. The van der Waals surface area contributed by atoms with Crippen LogP contribution >= 0.6 is 25.3 Å². The molecule has 9 N–H and O–H groups in total. The summed E-state index contributed by atoms with van der Waals surface area (Å²) in [6.45, 7) is 1.21. The molecule has 0 rings (SSSR count). The molecule has 12 nitrogen and oxygen atoms in total. The smallest absolute Gasteiger partial charge is 0.327 e. The number of aliphatic carboxylic acids is 1. The zero-order valence-electron chi connectivity index (χ0n) is 15.0. The van der Waals surface area contributed by atoms with Gasteiger partial charge < -0.3 is 37.6 Å². The summed E-state index contributed by atoms with van der Waals surface area (Å²) in [6, 6.07) is -5.46. The third-order valence-corrected chi connectivity index (χ3v) is 4.19. The van der Waals surface area contributed by atoms with E-state index in [0.717, 1.165) is 0 Å². The Labute approximate surface area is 172 Å². The Hall–Kier alpha value is -2.03. The van der Waals surface area contributed by atoms with E-state index in [9.17, 15) is 29.1 Å². The highest BCUT2D eigenvalue weighted by molar-refractivity contribution is 7.80. The molecule has 0 heterocycles. The van der Waals surface area contributed by atoms with Gasteiger partial charge >= 0.3 is 5.97 Å². The molecule has 0 saturated heterocycles. The van der Waals surface area contributed by atoms with Crippen molar-refractivity contribution in [3.8, 4) is 0 Å². The van der Waals surface area contributed by atoms with Gasteiger partial charge in [0.15, 0.2) is 0 Å². The molecule has 28 heavy (non-hydrogen) atoms. The van der Waals surface area contributed by atoms with Crippen LogP contribution in [0.4, 0.5) is 0 Å². The van der Waals surface area contributed by atoms with Crippen molar-refractivity contribution in [3.63, 3.8) is 0 Å². The zero-order chi connectivity index (χ0) is 22.0. The molecule has 0 spiro atoms. The minimum absolute atomic E-state index is 0.0208. The lowest BCUT2D eigenvalue weighted by atomic mass is 10.1. The second kappa shape index (κ2) is 12.4. The van der Waals surface area contributed by atoms with E-state index >= 15 is 0 Å². The third kappa shape index (κ3) is 8.77. The predicted octanol–water partition coefficient (Wildman–Crippen LogP) is -4.03. The number of amides is 4. The lowest BCUT2D eigenvalue weighted by molar-refractivity contribution is -0.142. The third-order valence-electron chi connectivity index (χ3n) is 3.43. The molecule has 5 atom stereocenters. The van der Waals surface area contributed by atoms with Crippen LogP contribution in [0.1, 0.15) is 13.3 Å². The van der Waals surface area contributed by atoms with Crippen molar-refractivity contribution < 1.29 is 34.2 Å². The van der Waals surface area contributed by atoms with Gasteiger partial charge in [-0.25, -0.2) is 4.79 Å². The summed E-state index contributed by atoms with van der Waals surface area (Å²) < 4.78 is 0. The highest BCUT2D eigenvalue weighted by atomic mass is 32.1. The molecule has 0 bridgehead atoms. The maximum absolute atomic E-state index is 12.4. The fraction of sp³-hybridized carbons (Fsp3) is 0.643. The number of carboxylic acids is 1. The summed E-state index contributed by atoms with van der Waals surface area (Å²) in [5.74, 6) is -5.37. The summed E-state index contributed by atoms with van der Waals surface area (Å²) in [6.07, 6.45) is -2.02. The number of aliphatic hydroxyl groups excluding tert-OH is 1. The molecular formula is C14H25N5O7S2. The molecule has 0 aromatic carbocycles. The van der Waals surface area contributed by atoms with Gasteiger partial charge in [0.2, 0.25) is 23.6 Å². The first kappa shape index (κ1) is 26.0. The Morgan fingerprint density at radius 2 is 1.46 bits per heavy atom. The molecule has 0 aromatic rings. The Morgan fingerprint density at radius 1 is 0.929 bits per heavy atom. The summed E-state index contributed by atoms with van der Waals surface area (Å²) in [4.78, 5) is 58.7. The van der Waals surface area contributed by atoms with E-state index in [1.807, 2.05) is 0 Å². The van der Waals surface area contributed by atoms with Crippen LogP contribution in [0.5, 0.6) is 0 Å². The van der Waals surface area contributed by atoms with E-state index in [0.29, 0.717) is 0 Å². The summed E-state index contributed by atoms with van der Waals surface area (Å²) in [7, 11) is 0. The van der Waals surface area contributed by atoms with E-state index < -0.39 is 66.3 Å². The first-order valence-corrected chi connectivity index (χ1v) is 9.28. The molecule has 4 amide bonds. The molecule has 0 aliphatic carbocycles. The van der Waals surface area contributed by atoms with E-state index in [-0.39, 0.29) is 11.5 Å². The first-order chi connectivity index (χ1) is 12.9. The van der Waals surface area contributed by atoms with Crippen molar-refractivity contribution in [2.75, 3.05) is 11.5 Å². The number of aliphatic hydroxyl groups is 1. The average Bonchev–Trinajstić information content (AvgIpc) is 2.61. The normalized spacial score (nSPS) is 16.0. The van der Waals surface area contributed by atoms with Gasteiger partial charge in [-0.2, -0.15) is 25.3 Å². The van der Waals surface area contributed by atoms with Gasteiger partial charge in [0.05, 0.1) is 18.6 Å². The van der Waals surface area contributed by atoms with Crippen LogP contribution in [0.25, 0.3) is 0 Å². The van der Waals surface area contributed by atoms with Crippen LogP contribution in [-0.2, 0) is 24.0 Å². The fourth-order valence-electron chi connectivity index (χ4n) is 1.88. The number of nitrogens with two attached hydrogens (primary N) is 2. The van der Waals surface area contributed by atoms with Crippen LogP contribution in [-0.4, -0.2) is 81.6 Å². The maximum Gasteiger partial charge on any atom is 0.327 e. The standard InChI is InChI=1S/C14H25N5O7S2/c1-5(20)10(19-11(22)6(15)3-27)13(24)17-7(2-9(16)21)12(23)18-8(4-28)14(25)26/h5-8,10,20,27-28H,2-4,15H2,1H3,(H2,16,21)(H,17,24)(H,18,23)(H,19,22)(H,25,26). The topological polar surface area (TPSA) is 214 Å². The number of carboxylic acid groups (broad SMARTS) is 1. The molecule has 5 unspecified atom stereocenters. The fourth-order valence-corrected chi connectivity index (χ4v) is 2.29. The van der Waals surface area contributed by atoms with Crippen molar-refractivity contribution in [3.05, 3.63) is 0 Å². The van der Waals surface area contributed by atoms with Crippen molar-refractivity contribution in [2.45, 2.75) is 43.6 Å². The Kier molecular flexibility index (Phi) is 11.5. The number of rotatable bonds is 12. The van der Waals surface area contributed by atoms with E-state index in [1.54, 1.807) is 0 Å². The number of hydrogen-bond acceptors (Lipinski definition) is 9. The molecule has 160 valence electrons. The Morgan fingerprint density at radius 3 is 1.86 bits per heavy atom. The average molecular weight is 440 g/mol. The Balaban J connectivity index is 5.34. The zero-order valence-corrected chi connectivity index (χ0v) is 16.8. The molecule has 0 fully saturated rings. The number of carbonyl (C=O) groups excluding carboxylic acids is 4. The van der Waals surface area contributed by atoms with Crippen molar-refractivity contribution in [1.29, 1.82) is 0 Å². The van der Waals surface area contributed by atoms with Crippen molar-refractivity contribution in [1.82, 2.24) is 16.0 Å². The van der Waals surface area contributed by atoms with Crippen LogP contribution in [0, 0.1) is 0 Å². The highest BCUT2D eigenvalue weighted by Gasteiger charge is 2.32. The number of nitrogens with one attached hydrogen (secondary N) is 3. The van der Waals surface area contributed by atoms with E-state index in [2.05, 4.69) is 41.2 Å². The lowest BCUT2D eigenvalue weighted by Gasteiger charge is -2.25. The summed E-state index contributed by atoms with van der Waals surface area (Å²) in [5.41, 5.74) is 10.5. The van der Waals surface area contributed by atoms with Gasteiger partial charge in [0.1, 0.15) is 18.1 Å². The SMILES string of the molecule is CC(O)C(NC(=O)C(N)CS)C(=O)NC(CC(N)=O)C(=O)NC(CS)C(=O)O. The van der Waals surface area contributed by atoms with Crippen molar-refractivity contribution in [2.24, 2.45) is 11.5 Å². The molecule has 14 heteroatoms. The quantitative estimate of drug-likeness (QED) is 0.136. The molecule has 0 aliphatic heterocycles.